The Morgan fingerprint density at radius 3 is 2.33 bits per heavy atom. The Balaban J connectivity index is 1.88. The first kappa shape index (κ1) is 19.7. The minimum absolute atomic E-state index is 0.0960. The second-order valence-corrected chi connectivity index (χ2v) is 7.29. The maximum absolute atomic E-state index is 13.0. The highest BCUT2D eigenvalue weighted by Crippen LogP contribution is 2.36. The van der Waals surface area contributed by atoms with Gasteiger partial charge < -0.3 is 4.90 Å². The number of thiophene rings is 1. The first-order valence-electron chi connectivity index (χ1n) is 8.16. The van der Waals surface area contributed by atoms with Crippen LogP contribution in [0.3, 0.4) is 0 Å². The van der Waals surface area contributed by atoms with Crippen molar-refractivity contribution in [1.29, 1.82) is 0 Å². The van der Waals surface area contributed by atoms with Crippen LogP contribution < -0.4 is 0 Å². The van der Waals surface area contributed by atoms with Gasteiger partial charge in [-0.15, -0.1) is 11.3 Å². The van der Waals surface area contributed by atoms with Crippen molar-refractivity contribution in [3.8, 4) is 10.6 Å². The maximum atomic E-state index is 13.0. The summed E-state index contributed by atoms with van der Waals surface area (Å²) >= 11 is 0.923. The monoisotopic (exact) mass is 411 g/mol. The van der Waals surface area contributed by atoms with Crippen LogP contribution in [0.4, 0.5) is 26.3 Å². The van der Waals surface area contributed by atoms with E-state index < -0.39 is 24.6 Å². The number of hydrogen-bond acceptors (Lipinski definition) is 3. The third-order valence-electron chi connectivity index (χ3n) is 4.11. The van der Waals surface area contributed by atoms with Gasteiger partial charge in [-0.05, 0) is 37.5 Å². The molecule has 4 nitrogen and oxygen atoms in total. The molecule has 3 heterocycles. The fourth-order valence-electron chi connectivity index (χ4n) is 2.90. The van der Waals surface area contributed by atoms with Gasteiger partial charge in [0.2, 0.25) is 0 Å². The van der Waals surface area contributed by atoms with Crippen molar-refractivity contribution in [2.24, 2.45) is 0 Å². The fraction of sp³-hybridized carbons (Fsp3) is 0.500. The van der Waals surface area contributed by atoms with E-state index in [4.69, 9.17) is 0 Å². The smallest absolute Gasteiger partial charge is 0.338 e. The molecule has 1 amide bonds. The standard InChI is InChI=1S/C16H15F6N3OS/c17-15(18,19)9-25-13(16(20,21)22)8-10(23-25)11-4-5-12(27-11)14(26)24-6-2-1-3-7-24/h4-5,8H,1-3,6-7,9H2. The molecule has 0 aliphatic carbocycles. The van der Waals surface area contributed by atoms with Crippen LogP contribution in [-0.4, -0.2) is 39.9 Å². The van der Waals surface area contributed by atoms with Gasteiger partial charge >= 0.3 is 12.4 Å². The third kappa shape index (κ3) is 4.63. The van der Waals surface area contributed by atoms with Gasteiger partial charge in [0, 0.05) is 13.1 Å². The average molecular weight is 411 g/mol. The second kappa shape index (κ2) is 7.17. The summed E-state index contributed by atoms with van der Waals surface area (Å²) in [6.07, 6.45) is -6.99. The van der Waals surface area contributed by atoms with Crippen LogP contribution in [0, 0.1) is 0 Å². The number of aromatic nitrogens is 2. The van der Waals surface area contributed by atoms with Crippen molar-refractivity contribution in [3.63, 3.8) is 0 Å². The highest BCUT2D eigenvalue weighted by molar-refractivity contribution is 7.17. The molecule has 0 spiro atoms. The van der Waals surface area contributed by atoms with E-state index in [1.807, 2.05) is 0 Å². The van der Waals surface area contributed by atoms with Crippen molar-refractivity contribution in [3.05, 3.63) is 28.8 Å². The van der Waals surface area contributed by atoms with Gasteiger partial charge in [-0.1, -0.05) is 0 Å². The van der Waals surface area contributed by atoms with Crippen molar-refractivity contribution < 1.29 is 31.1 Å². The largest absolute Gasteiger partial charge is 0.433 e. The zero-order valence-corrected chi connectivity index (χ0v) is 14.7. The predicted octanol–water partition coefficient (Wildman–Crippen LogP) is 4.82. The number of carbonyl (C=O) groups excluding carboxylic acids is 1. The van der Waals surface area contributed by atoms with E-state index in [0.29, 0.717) is 24.0 Å². The molecule has 1 aliphatic rings. The number of piperidine rings is 1. The van der Waals surface area contributed by atoms with E-state index in [9.17, 15) is 31.1 Å². The lowest BCUT2D eigenvalue weighted by atomic mass is 10.1. The van der Waals surface area contributed by atoms with Gasteiger partial charge in [0.05, 0.1) is 9.75 Å². The molecule has 27 heavy (non-hydrogen) atoms. The van der Waals surface area contributed by atoms with Gasteiger partial charge in [0.1, 0.15) is 17.9 Å². The number of likely N-dealkylation sites (tertiary alicyclic amines) is 1. The minimum atomic E-state index is -4.97. The number of halogens is 6. The van der Waals surface area contributed by atoms with Crippen molar-refractivity contribution in [2.75, 3.05) is 13.1 Å². The lowest BCUT2D eigenvalue weighted by Crippen LogP contribution is -2.35. The summed E-state index contributed by atoms with van der Waals surface area (Å²) in [5, 5.41) is 3.48. The molecule has 0 unspecified atom stereocenters. The van der Waals surface area contributed by atoms with Crippen LogP contribution in [-0.2, 0) is 12.7 Å². The maximum Gasteiger partial charge on any atom is 0.433 e. The van der Waals surface area contributed by atoms with Crippen molar-refractivity contribution in [1.82, 2.24) is 14.7 Å². The third-order valence-corrected chi connectivity index (χ3v) is 5.21. The van der Waals surface area contributed by atoms with Crippen molar-refractivity contribution in [2.45, 2.75) is 38.2 Å². The van der Waals surface area contributed by atoms with Crippen LogP contribution in [0.5, 0.6) is 0 Å². The van der Waals surface area contributed by atoms with E-state index in [1.54, 1.807) is 4.90 Å². The van der Waals surface area contributed by atoms with Crippen molar-refractivity contribution >= 4 is 17.2 Å². The van der Waals surface area contributed by atoms with Gasteiger partial charge in [-0.2, -0.15) is 31.4 Å². The zero-order valence-electron chi connectivity index (χ0n) is 13.9. The van der Waals surface area contributed by atoms with E-state index in [-0.39, 0.29) is 21.2 Å². The van der Waals surface area contributed by atoms with Crippen LogP contribution in [0.2, 0.25) is 0 Å². The number of alkyl halides is 6. The normalized spacial score (nSPS) is 16.0. The highest BCUT2D eigenvalue weighted by atomic mass is 32.1. The second-order valence-electron chi connectivity index (χ2n) is 6.20. The first-order chi connectivity index (χ1) is 12.5. The summed E-state index contributed by atoms with van der Waals surface area (Å²) in [5.74, 6) is -0.225. The molecule has 1 fully saturated rings. The number of hydrogen-bond donors (Lipinski definition) is 0. The molecule has 1 saturated heterocycles. The Bertz CT molecular complexity index is 817. The molecule has 0 bridgehead atoms. The predicted molar refractivity (Wildman–Crippen MR) is 86.4 cm³/mol. The summed E-state index contributed by atoms with van der Waals surface area (Å²) < 4.78 is 76.7. The van der Waals surface area contributed by atoms with Crippen LogP contribution >= 0.6 is 11.3 Å². The molecule has 11 heteroatoms. The Morgan fingerprint density at radius 1 is 1.07 bits per heavy atom. The summed E-state index contributed by atoms with van der Waals surface area (Å²) in [7, 11) is 0. The fourth-order valence-corrected chi connectivity index (χ4v) is 3.83. The molecule has 0 aromatic carbocycles. The van der Waals surface area contributed by atoms with E-state index in [0.717, 1.165) is 30.6 Å². The van der Waals surface area contributed by atoms with Gasteiger partial charge in [0.15, 0.2) is 0 Å². The van der Waals surface area contributed by atoms with Gasteiger partial charge in [-0.3, -0.25) is 9.48 Å². The minimum Gasteiger partial charge on any atom is -0.338 e. The summed E-state index contributed by atoms with van der Waals surface area (Å²) in [4.78, 5) is 14.6. The zero-order chi connectivity index (χ0) is 19.8. The topological polar surface area (TPSA) is 38.1 Å². The summed E-state index contributed by atoms with van der Waals surface area (Å²) in [5.41, 5.74) is -1.72. The Kier molecular flexibility index (Phi) is 5.24. The quantitative estimate of drug-likeness (QED) is 0.680. The first-order valence-corrected chi connectivity index (χ1v) is 8.97. The number of carbonyl (C=O) groups is 1. The number of rotatable bonds is 3. The van der Waals surface area contributed by atoms with Gasteiger partial charge in [-0.25, -0.2) is 0 Å². The molecule has 148 valence electrons. The summed E-state index contributed by atoms with van der Waals surface area (Å²) in [6, 6.07) is 3.45. The molecule has 0 saturated carbocycles. The molecular formula is C16H15F6N3OS. The molecule has 1 aliphatic heterocycles. The Labute approximate surface area is 154 Å². The number of amides is 1. The molecular weight excluding hydrogens is 396 g/mol. The lowest BCUT2D eigenvalue weighted by molar-refractivity contribution is -0.160. The van der Waals surface area contributed by atoms with Crippen LogP contribution in [0.1, 0.15) is 34.6 Å². The van der Waals surface area contributed by atoms with Gasteiger partial charge in [0.25, 0.3) is 5.91 Å². The number of nitrogens with zero attached hydrogens (tertiary/aromatic N) is 3. The molecule has 0 atom stereocenters. The Morgan fingerprint density at radius 2 is 1.74 bits per heavy atom. The Hall–Kier alpha value is -2.04. The molecule has 2 aromatic heterocycles. The average Bonchev–Trinajstić information content (AvgIpc) is 3.20. The van der Waals surface area contributed by atoms with E-state index in [2.05, 4.69) is 5.10 Å². The summed E-state index contributed by atoms with van der Waals surface area (Å²) in [6.45, 7) is -0.609. The molecule has 0 N–H and O–H groups in total. The SMILES string of the molecule is O=C(c1ccc(-c2cc(C(F)(F)F)n(CC(F)(F)F)n2)s1)N1CCCCC1. The molecule has 2 aromatic rings. The van der Waals surface area contributed by atoms with E-state index in [1.165, 1.54) is 12.1 Å². The lowest BCUT2D eigenvalue weighted by Gasteiger charge is -2.26. The molecule has 0 radical (unpaired) electrons. The van der Waals surface area contributed by atoms with Crippen LogP contribution in [0.25, 0.3) is 10.6 Å². The van der Waals surface area contributed by atoms with Crippen LogP contribution in [0.15, 0.2) is 18.2 Å². The molecule has 3 rings (SSSR count). The highest BCUT2D eigenvalue weighted by Gasteiger charge is 2.39. The van der Waals surface area contributed by atoms with E-state index >= 15 is 0 Å².